The number of carboxylic acids is 1. The van der Waals surface area contributed by atoms with Crippen LogP contribution in [0.5, 0.6) is 5.75 Å². The zero-order chi connectivity index (χ0) is 13.1. The van der Waals surface area contributed by atoms with Gasteiger partial charge in [0.25, 0.3) is 0 Å². The van der Waals surface area contributed by atoms with E-state index in [9.17, 15) is 9.18 Å². The van der Waals surface area contributed by atoms with Crippen LogP contribution in [0.3, 0.4) is 0 Å². The summed E-state index contributed by atoms with van der Waals surface area (Å²) in [6.07, 6.45) is 2.47. The number of carboxylic acid groups (broad SMARTS) is 1. The van der Waals surface area contributed by atoms with E-state index in [0.29, 0.717) is 16.9 Å². The Morgan fingerprint density at radius 1 is 1.33 bits per heavy atom. The highest BCUT2D eigenvalue weighted by molar-refractivity contribution is 5.96. The number of benzene rings is 1. The van der Waals surface area contributed by atoms with E-state index >= 15 is 0 Å². The molecule has 1 aromatic heterocycles. The first-order chi connectivity index (χ1) is 8.61. The number of hydrogen-bond acceptors (Lipinski definition) is 3. The van der Waals surface area contributed by atoms with E-state index in [1.54, 1.807) is 12.1 Å². The monoisotopic (exact) mass is 247 g/mol. The largest absolute Gasteiger partial charge is 0.497 e. The lowest BCUT2D eigenvalue weighted by Gasteiger charge is -2.08. The number of rotatable bonds is 3. The van der Waals surface area contributed by atoms with Crippen molar-refractivity contribution in [1.29, 1.82) is 0 Å². The van der Waals surface area contributed by atoms with Crippen molar-refractivity contribution >= 4 is 5.97 Å². The van der Waals surface area contributed by atoms with Crippen molar-refractivity contribution < 1.29 is 19.0 Å². The zero-order valence-electron chi connectivity index (χ0n) is 9.55. The fraction of sp³-hybridized carbons (Fsp3) is 0.0769. The van der Waals surface area contributed by atoms with Gasteiger partial charge in [-0.25, -0.2) is 9.18 Å². The summed E-state index contributed by atoms with van der Waals surface area (Å²) in [7, 11) is 1.48. The molecule has 0 aliphatic carbocycles. The average molecular weight is 247 g/mol. The second-order valence-electron chi connectivity index (χ2n) is 3.61. The molecule has 18 heavy (non-hydrogen) atoms. The van der Waals surface area contributed by atoms with Crippen LogP contribution in [0.2, 0.25) is 0 Å². The number of pyridine rings is 1. The Balaban J connectivity index is 2.63. The first-order valence-corrected chi connectivity index (χ1v) is 5.14. The maximum atomic E-state index is 13.1. The number of methoxy groups -OCH3 is 1. The molecule has 0 amide bonds. The van der Waals surface area contributed by atoms with Crippen molar-refractivity contribution in [3.63, 3.8) is 0 Å². The summed E-state index contributed by atoms with van der Waals surface area (Å²) in [5.74, 6) is -1.11. The molecule has 92 valence electrons. The van der Waals surface area contributed by atoms with Crippen molar-refractivity contribution in [2.45, 2.75) is 0 Å². The lowest BCUT2D eigenvalue weighted by atomic mass is 10.0. The summed E-state index contributed by atoms with van der Waals surface area (Å²) < 4.78 is 18.2. The first kappa shape index (κ1) is 12.0. The third-order valence-electron chi connectivity index (χ3n) is 2.47. The summed E-state index contributed by atoms with van der Waals surface area (Å²) in [5.41, 5.74) is 0.836. The average Bonchev–Trinajstić information content (AvgIpc) is 2.38. The fourth-order valence-electron chi connectivity index (χ4n) is 1.63. The van der Waals surface area contributed by atoms with Crippen LogP contribution in [-0.2, 0) is 0 Å². The molecule has 0 saturated heterocycles. The summed E-state index contributed by atoms with van der Waals surface area (Å²) in [5, 5.41) is 9.10. The third kappa shape index (κ3) is 2.29. The van der Waals surface area contributed by atoms with E-state index < -0.39 is 11.8 Å². The second kappa shape index (κ2) is 4.83. The Morgan fingerprint density at radius 2 is 2.11 bits per heavy atom. The van der Waals surface area contributed by atoms with Gasteiger partial charge in [-0.05, 0) is 24.3 Å². The minimum Gasteiger partial charge on any atom is -0.497 e. The molecule has 1 heterocycles. The number of carbonyl (C=O) groups is 1. The molecular formula is C13H10FNO3. The highest BCUT2D eigenvalue weighted by atomic mass is 19.1. The highest BCUT2D eigenvalue weighted by Crippen LogP contribution is 2.28. The smallest absolute Gasteiger partial charge is 0.336 e. The predicted octanol–water partition coefficient (Wildman–Crippen LogP) is 2.59. The Morgan fingerprint density at radius 3 is 2.72 bits per heavy atom. The Bertz CT molecular complexity index is 599. The van der Waals surface area contributed by atoms with Crippen LogP contribution < -0.4 is 4.74 Å². The Kier molecular flexibility index (Phi) is 3.23. The van der Waals surface area contributed by atoms with Gasteiger partial charge in [-0.2, -0.15) is 0 Å². The molecule has 0 aliphatic rings. The highest BCUT2D eigenvalue weighted by Gasteiger charge is 2.13. The standard InChI is InChI=1S/C13H10FNO3/c1-18-10-2-3-11(13(16)17)12(5-10)8-4-9(14)7-15-6-8/h2-7H,1H3,(H,16,17). The zero-order valence-corrected chi connectivity index (χ0v) is 9.55. The minimum absolute atomic E-state index is 0.0724. The van der Waals surface area contributed by atoms with Crippen LogP contribution in [-0.4, -0.2) is 23.2 Å². The molecule has 1 N–H and O–H groups in total. The molecule has 0 radical (unpaired) electrons. The summed E-state index contributed by atoms with van der Waals surface area (Å²) in [6.45, 7) is 0. The van der Waals surface area contributed by atoms with Crippen LogP contribution in [0.1, 0.15) is 10.4 Å². The number of ether oxygens (including phenoxy) is 1. The normalized spacial score (nSPS) is 10.1. The van der Waals surface area contributed by atoms with Crippen LogP contribution in [0.25, 0.3) is 11.1 Å². The van der Waals surface area contributed by atoms with Gasteiger partial charge in [0.15, 0.2) is 0 Å². The predicted molar refractivity (Wildman–Crippen MR) is 63.1 cm³/mol. The van der Waals surface area contributed by atoms with Crippen LogP contribution >= 0.6 is 0 Å². The molecule has 2 aromatic rings. The van der Waals surface area contributed by atoms with Gasteiger partial charge in [0.05, 0.1) is 18.9 Å². The van der Waals surface area contributed by atoms with Gasteiger partial charge in [-0.15, -0.1) is 0 Å². The lowest BCUT2D eigenvalue weighted by Crippen LogP contribution is -2.00. The SMILES string of the molecule is COc1ccc(C(=O)O)c(-c2cncc(F)c2)c1. The van der Waals surface area contributed by atoms with Gasteiger partial charge < -0.3 is 9.84 Å². The molecule has 0 unspecified atom stereocenters. The van der Waals surface area contributed by atoms with Crippen molar-refractivity contribution in [2.75, 3.05) is 7.11 Å². The van der Waals surface area contributed by atoms with Gasteiger partial charge >= 0.3 is 5.97 Å². The number of aromatic nitrogens is 1. The summed E-state index contributed by atoms with van der Waals surface area (Å²) in [6, 6.07) is 5.73. The summed E-state index contributed by atoms with van der Waals surface area (Å²) in [4.78, 5) is 14.8. The van der Waals surface area contributed by atoms with Gasteiger partial charge in [0.1, 0.15) is 11.6 Å². The molecule has 4 nitrogen and oxygen atoms in total. The number of halogens is 1. The van der Waals surface area contributed by atoms with Gasteiger partial charge in [-0.1, -0.05) is 0 Å². The van der Waals surface area contributed by atoms with E-state index in [1.807, 2.05) is 0 Å². The van der Waals surface area contributed by atoms with Crippen LogP contribution in [0.4, 0.5) is 4.39 Å². The second-order valence-corrected chi connectivity index (χ2v) is 3.61. The maximum absolute atomic E-state index is 13.1. The fourth-order valence-corrected chi connectivity index (χ4v) is 1.63. The van der Waals surface area contributed by atoms with E-state index in [4.69, 9.17) is 9.84 Å². The van der Waals surface area contributed by atoms with Crippen molar-refractivity contribution in [1.82, 2.24) is 4.98 Å². The van der Waals surface area contributed by atoms with E-state index in [0.717, 1.165) is 6.20 Å². The molecule has 0 saturated carbocycles. The van der Waals surface area contributed by atoms with E-state index in [-0.39, 0.29) is 5.56 Å². The Hall–Kier alpha value is -2.43. The van der Waals surface area contributed by atoms with Gasteiger partial charge in [-0.3, -0.25) is 4.98 Å². The van der Waals surface area contributed by atoms with Crippen molar-refractivity contribution in [2.24, 2.45) is 0 Å². The molecule has 0 aliphatic heterocycles. The first-order valence-electron chi connectivity index (χ1n) is 5.14. The van der Waals surface area contributed by atoms with E-state index in [2.05, 4.69) is 4.98 Å². The van der Waals surface area contributed by atoms with Gasteiger partial charge in [0, 0.05) is 17.3 Å². The molecule has 0 atom stereocenters. The van der Waals surface area contributed by atoms with Crippen LogP contribution in [0, 0.1) is 5.82 Å². The number of aromatic carboxylic acids is 1. The maximum Gasteiger partial charge on any atom is 0.336 e. The molecule has 0 spiro atoms. The Labute approximate surface area is 103 Å². The van der Waals surface area contributed by atoms with Crippen molar-refractivity contribution in [3.05, 3.63) is 48.0 Å². The minimum atomic E-state index is -1.09. The number of nitrogens with zero attached hydrogens (tertiary/aromatic N) is 1. The van der Waals surface area contributed by atoms with Crippen LogP contribution in [0.15, 0.2) is 36.7 Å². The van der Waals surface area contributed by atoms with E-state index in [1.165, 1.54) is 25.4 Å². The molecular weight excluding hydrogens is 237 g/mol. The lowest BCUT2D eigenvalue weighted by molar-refractivity contribution is 0.0697. The summed E-state index contributed by atoms with van der Waals surface area (Å²) >= 11 is 0. The third-order valence-corrected chi connectivity index (χ3v) is 2.47. The molecule has 5 heteroatoms. The van der Waals surface area contributed by atoms with Gasteiger partial charge in [0.2, 0.25) is 0 Å². The number of hydrogen-bond donors (Lipinski definition) is 1. The molecule has 0 fully saturated rings. The van der Waals surface area contributed by atoms with Crippen molar-refractivity contribution in [3.8, 4) is 16.9 Å². The molecule has 1 aromatic carbocycles. The molecule has 0 bridgehead atoms. The quantitative estimate of drug-likeness (QED) is 0.905. The molecule has 2 rings (SSSR count). The topological polar surface area (TPSA) is 59.4 Å².